The summed E-state index contributed by atoms with van der Waals surface area (Å²) >= 11 is 3.57. The van der Waals surface area contributed by atoms with Gasteiger partial charge in [0.25, 0.3) is 5.79 Å². The van der Waals surface area contributed by atoms with E-state index in [1.54, 1.807) is 13.8 Å². The molecule has 1 spiro atoms. The fraction of sp³-hybridized carbons (Fsp3) is 0.417. The average molecular weight is 470 g/mol. The molecule has 5 nitrogen and oxygen atoms in total. The van der Waals surface area contributed by atoms with Gasteiger partial charge < -0.3 is 14.4 Å². The second-order valence-corrected chi connectivity index (χ2v) is 9.86. The van der Waals surface area contributed by atoms with Gasteiger partial charge in [-0.1, -0.05) is 52.3 Å². The van der Waals surface area contributed by atoms with Crippen LogP contribution < -0.4 is 4.90 Å². The highest BCUT2D eigenvalue weighted by Gasteiger charge is 2.64. The molecule has 3 aliphatic heterocycles. The van der Waals surface area contributed by atoms with Crippen molar-refractivity contribution in [2.45, 2.75) is 50.9 Å². The summed E-state index contributed by atoms with van der Waals surface area (Å²) in [6.07, 6.45) is 1.95. The number of halogens is 1. The quantitative estimate of drug-likeness (QED) is 0.451. The van der Waals surface area contributed by atoms with E-state index in [9.17, 15) is 9.59 Å². The Morgan fingerprint density at radius 1 is 1.03 bits per heavy atom. The van der Waals surface area contributed by atoms with Gasteiger partial charge in [-0.25, -0.2) is 0 Å². The van der Waals surface area contributed by atoms with E-state index >= 15 is 0 Å². The Morgan fingerprint density at radius 2 is 1.73 bits per heavy atom. The number of fused-ring (bicyclic) bond motifs is 4. The normalized spacial score (nSPS) is 26.4. The van der Waals surface area contributed by atoms with E-state index in [1.807, 2.05) is 30.3 Å². The lowest BCUT2D eigenvalue weighted by Gasteiger charge is -2.54. The predicted octanol–water partition coefficient (Wildman–Crippen LogP) is 4.58. The van der Waals surface area contributed by atoms with Gasteiger partial charge in [-0.2, -0.15) is 0 Å². The summed E-state index contributed by atoms with van der Waals surface area (Å²) in [5.41, 5.74) is 1.95. The van der Waals surface area contributed by atoms with Crippen molar-refractivity contribution < 1.29 is 19.1 Å². The Hall–Kier alpha value is -2.34. The van der Waals surface area contributed by atoms with Gasteiger partial charge in [-0.05, 0) is 42.0 Å². The Labute approximate surface area is 184 Å². The van der Waals surface area contributed by atoms with Crippen LogP contribution in [0.2, 0.25) is 0 Å². The number of nitrogens with zero attached hydrogens (tertiary/aromatic N) is 1. The van der Waals surface area contributed by atoms with Crippen molar-refractivity contribution in [1.29, 1.82) is 0 Å². The summed E-state index contributed by atoms with van der Waals surface area (Å²) in [5, 5.41) is 0. The minimum Gasteiger partial charge on any atom is -0.422 e. The number of rotatable bonds is 1. The van der Waals surface area contributed by atoms with Crippen LogP contribution in [-0.2, 0) is 25.5 Å². The lowest BCUT2D eigenvalue weighted by atomic mass is 9.65. The molecule has 0 saturated carbocycles. The number of esters is 2. The zero-order valence-electron chi connectivity index (χ0n) is 17.1. The van der Waals surface area contributed by atoms with Gasteiger partial charge in [0.15, 0.2) is 5.41 Å². The first kappa shape index (κ1) is 19.6. The van der Waals surface area contributed by atoms with E-state index in [-0.39, 0.29) is 12.0 Å². The molecule has 3 aliphatic rings. The predicted molar refractivity (Wildman–Crippen MR) is 116 cm³/mol. The SMILES string of the molecule is CC1(C)OC(=O)C2(Cc3ccc(Br)cc3N3CC[C@@H](c4ccccc4)C[C@H]32)C(=O)O1. The second-order valence-electron chi connectivity index (χ2n) is 8.94. The van der Waals surface area contributed by atoms with E-state index in [2.05, 4.69) is 39.0 Å². The molecule has 0 amide bonds. The molecule has 2 fully saturated rings. The van der Waals surface area contributed by atoms with Gasteiger partial charge in [0.1, 0.15) is 0 Å². The standard InChI is InChI=1S/C24H24BrNO4/c1-23(2)29-21(27)24(22(28)30-23)14-17-8-9-18(25)13-19(17)26-11-10-16(12-20(24)26)15-6-4-3-5-7-15/h3-9,13,16,20H,10-12,14H2,1-2H3/t16-,20+/m1/s1. The Kier molecular flexibility index (Phi) is 4.47. The maximum Gasteiger partial charge on any atom is 0.329 e. The van der Waals surface area contributed by atoms with Crippen LogP contribution in [0, 0.1) is 5.41 Å². The lowest BCUT2D eigenvalue weighted by molar-refractivity contribution is -0.253. The summed E-state index contributed by atoms with van der Waals surface area (Å²) in [5.74, 6) is -1.91. The first-order valence-corrected chi connectivity index (χ1v) is 11.2. The zero-order chi connectivity index (χ0) is 21.1. The van der Waals surface area contributed by atoms with Crippen LogP contribution >= 0.6 is 15.9 Å². The molecule has 2 atom stereocenters. The number of piperidine rings is 1. The molecule has 0 bridgehead atoms. The molecular weight excluding hydrogens is 446 g/mol. The molecule has 30 heavy (non-hydrogen) atoms. The van der Waals surface area contributed by atoms with Crippen molar-refractivity contribution >= 4 is 33.6 Å². The topological polar surface area (TPSA) is 55.8 Å². The Morgan fingerprint density at radius 3 is 2.43 bits per heavy atom. The van der Waals surface area contributed by atoms with Gasteiger partial charge in [0, 0.05) is 37.0 Å². The number of benzene rings is 2. The maximum absolute atomic E-state index is 13.4. The smallest absolute Gasteiger partial charge is 0.329 e. The van der Waals surface area contributed by atoms with E-state index in [0.29, 0.717) is 12.8 Å². The first-order valence-electron chi connectivity index (χ1n) is 10.4. The third-order valence-electron chi connectivity index (χ3n) is 6.67. The molecule has 0 N–H and O–H groups in total. The lowest BCUT2D eigenvalue weighted by Crippen LogP contribution is -2.67. The molecule has 3 heterocycles. The third-order valence-corrected chi connectivity index (χ3v) is 7.17. The number of anilines is 1. The number of carbonyl (C=O) groups is 2. The molecule has 0 radical (unpaired) electrons. The van der Waals surface area contributed by atoms with Crippen LogP contribution in [0.3, 0.4) is 0 Å². The molecule has 0 aliphatic carbocycles. The van der Waals surface area contributed by atoms with Gasteiger partial charge in [0.05, 0.1) is 6.04 Å². The van der Waals surface area contributed by atoms with Gasteiger partial charge in [-0.3, -0.25) is 9.59 Å². The van der Waals surface area contributed by atoms with Crippen molar-refractivity contribution in [2.24, 2.45) is 5.41 Å². The highest BCUT2D eigenvalue weighted by atomic mass is 79.9. The minimum absolute atomic E-state index is 0.272. The molecule has 0 unspecified atom stereocenters. The summed E-state index contributed by atoms with van der Waals surface area (Å²) in [7, 11) is 0. The molecule has 156 valence electrons. The molecule has 5 rings (SSSR count). The summed E-state index contributed by atoms with van der Waals surface area (Å²) in [6.45, 7) is 3.98. The number of carbonyl (C=O) groups excluding carboxylic acids is 2. The minimum atomic E-state index is -1.34. The van der Waals surface area contributed by atoms with Crippen molar-refractivity contribution in [1.82, 2.24) is 0 Å². The second kappa shape index (κ2) is 6.84. The number of cyclic esters (lactones) is 2. The van der Waals surface area contributed by atoms with Crippen LogP contribution in [0.15, 0.2) is 53.0 Å². The maximum atomic E-state index is 13.4. The van der Waals surface area contributed by atoms with Crippen molar-refractivity contribution in [3.05, 3.63) is 64.1 Å². The molecule has 2 aromatic rings. The van der Waals surface area contributed by atoms with Crippen LogP contribution in [0.4, 0.5) is 5.69 Å². The molecular formula is C24H24BrNO4. The molecule has 2 aromatic carbocycles. The highest BCUT2D eigenvalue weighted by molar-refractivity contribution is 9.10. The van der Waals surface area contributed by atoms with Crippen LogP contribution in [0.5, 0.6) is 0 Å². The van der Waals surface area contributed by atoms with Crippen LogP contribution in [0.1, 0.15) is 43.7 Å². The van der Waals surface area contributed by atoms with Gasteiger partial charge in [0.2, 0.25) is 0 Å². The van der Waals surface area contributed by atoms with Crippen LogP contribution in [-0.4, -0.2) is 30.3 Å². The van der Waals surface area contributed by atoms with Crippen molar-refractivity contribution in [3.8, 4) is 0 Å². The first-order chi connectivity index (χ1) is 14.3. The Balaban J connectivity index is 1.62. The summed E-state index contributed by atoms with van der Waals surface area (Å²) in [6, 6.07) is 16.0. The van der Waals surface area contributed by atoms with Gasteiger partial charge in [-0.15, -0.1) is 0 Å². The number of hydrogen-bond donors (Lipinski definition) is 0. The van der Waals surface area contributed by atoms with E-state index in [1.165, 1.54) is 5.56 Å². The summed E-state index contributed by atoms with van der Waals surface area (Å²) in [4.78, 5) is 29.1. The molecule has 2 saturated heterocycles. The van der Waals surface area contributed by atoms with Gasteiger partial charge >= 0.3 is 11.9 Å². The number of ether oxygens (including phenoxy) is 2. The summed E-state index contributed by atoms with van der Waals surface area (Å²) < 4.78 is 12.3. The van der Waals surface area contributed by atoms with Crippen molar-refractivity contribution in [2.75, 3.05) is 11.4 Å². The van der Waals surface area contributed by atoms with Crippen LogP contribution in [0.25, 0.3) is 0 Å². The fourth-order valence-electron chi connectivity index (χ4n) is 5.27. The monoisotopic (exact) mass is 469 g/mol. The third kappa shape index (κ3) is 2.96. The van der Waals surface area contributed by atoms with E-state index < -0.39 is 23.1 Å². The Bertz CT molecular complexity index is 999. The molecule has 6 heteroatoms. The largest absolute Gasteiger partial charge is 0.422 e. The molecule has 0 aromatic heterocycles. The fourth-order valence-corrected chi connectivity index (χ4v) is 5.62. The number of hydrogen-bond acceptors (Lipinski definition) is 5. The van der Waals surface area contributed by atoms with Crippen molar-refractivity contribution in [3.63, 3.8) is 0 Å². The average Bonchev–Trinajstić information content (AvgIpc) is 2.72. The zero-order valence-corrected chi connectivity index (χ0v) is 18.6. The van der Waals surface area contributed by atoms with E-state index in [4.69, 9.17) is 9.47 Å². The van der Waals surface area contributed by atoms with E-state index in [0.717, 1.165) is 28.7 Å². The highest BCUT2D eigenvalue weighted by Crippen LogP contribution is 2.51.